The molecule has 0 aliphatic rings. The maximum Gasteiger partial charge on any atom is 0.240 e. The van der Waals surface area contributed by atoms with Gasteiger partial charge in [0.1, 0.15) is 0 Å². The Kier molecular flexibility index (Phi) is 7.50. The van der Waals surface area contributed by atoms with Crippen molar-refractivity contribution >= 4 is 28.9 Å². The summed E-state index contributed by atoms with van der Waals surface area (Å²) in [7, 11) is 0. The Morgan fingerprint density at radius 2 is 1.27 bits per heavy atom. The van der Waals surface area contributed by atoms with E-state index in [1.165, 1.54) is 0 Å². The van der Waals surface area contributed by atoms with E-state index >= 15 is 0 Å². The minimum atomic E-state index is -0.281. The SMILES string of the molecule is CC(Cc1ccccc1)=NNC(=O)CCC(=O)N(c1ccccc1)c1ccccc1. The van der Waals surface area contributed by atoms with Gasteiger partial charge in [0.25, 0.3) is 0 Å². The maximum atomic E-state index is 12.9. The molecule has 0 spiro atoms. The Balaban J connectivity index is 1.58. The summed E-state index contributed by atoms with van der Waals surface area (Å²) in [5, 5.41) is 4.15. The Hall–Kier alpha value is -3.73. The lowest BCUT2D eigenvalue weighted by Crippen LogP contribution is -2.28. The number of para-hydroxylation sites is 2. The molecule has 5 nitrogen and oxygen atoms in total. The van der Waals surface area contributed by atoms with Crippen molar-refractivity contribution in [3.05, 3.63) is 96.6 Å². The summed E-state index contributed by atoms with van der Waals surface area (Å²) in [6.07, 6.45) is 0.815. The Morgan fingerprint density at radius 3 is 1.80 bits per heavy atom. The molecule has 1 N–H and O–H groups in total. The smallest absolute Gasteiger partial charge is 0.240 e. The fourth-order valence-electron chi connectivity index (χ4n) is 3.07. The van der Waals surface area contributed by atoms with E-state index in [0.29, 0.717) is 6.42 Å². The Labute approximate surface area is 177 Å². The highest BCUT2D eigenvalue weighted by Crippen LogP contribution is 2.26. The molecule has 0 saturated heterocycles. The number of amides is 2. The van der Waals surface area contributed by atoms with Crippen LogP contribution in [0.4, 0.5) is 11.4 Å². The predicted octanol–water partition coefficient (Wildman–Crippen LogP) is 4.87. The number of anilines is 2. The van der Waals surface area contributed by atoms with Crippen molar-refractivity contribution in [1.29, 1.82) is 0 Å². The van der Waals surface area contributed by atoms with Gasteiger partial charge in [-0.2, -0.15) is 5.10 Å². The van der Waals surface area contributed by atoms with Crippen molar-refractivity contribution in [3.63, 3.8) is 0 Å². The van der Waals surface area contributed by atoms with Crippen molar-refractivity contribution in [2.45, 2.75) is 26.2 Å². The minimum Gasteiger partial charge on any atom is -0.281 e. The lowest BCUT2D eigenvalue weighted by molar-refractivity contribution is -0.124. The molecule has 5 heteroatoms. The van der Waals surface area contributed by atoms with Crippen LogP contribution in [0.1, 0.15) is 25.3 Å². The minimum absolute atomic E-state index is 0.0666. The second kappa shape index (κ2) is 10.7. The monoisotopic (exact) mass is 399 g/mol. The van der Waals surface area contributed by atoms with Crippen LogP contribution in [0.15, 0.2) is 96.1 Å². The zero-order valence-corrected chi connectivity index (χ0v) is 17.0. The van der Waals surface area contributed by atoms with Gasteiger partial charge in [0.2, 0.25) is 11.8 Å². The number of nitrogens with zero attached hydrogens (tertiary/aromatic N) is 2. The molecule has 0 radical (unpaired) electrons. The molecule has 0 aromatic heterocycles. The summed E-state index contributed by atoms with van der Waals surface area (Å²) < 4.78 is 0. The number of benzene rings is 3. The molecule has 0 atom stereocenters. The maximum absolute atomic E-state index is 12.9. The van der Waals surface area contributed by atoms with Gasteiger partial charge in [-0.05, 0) is 36.8 Å². The molecule has 3 aromatic rings. The van der Waals surface area contributed by atoms with E-state index in [1.54, 1.807) is 4.90 Å². The van der Waals surface area contributed by atoms with Gasteiger partial charge in [0.15, 0.2) is 0 Å². The fourth-order valence-corrected chi connectivity index (χ4v) is 3.07. The molecule has 0 heterocycles. The van der Waals surface area contributed by atoms with Crippen LogP contribution in [0.25, 0.3) is 0 Å². The second-order valence-corrected chi connectivity index (χ2v) is 6.94. The Bertz CT molecular complexity index is 947. The fraction of sp³-hybridized carbons (Fsp3) is 0.160. The van der Waals surface area contributed by atoms with Crippen molar-refractivity contribution in [1.82, 2.24) is 5.43 Å². The highest BCUT2D eigenvalue weighted by Gasteiger charge is 2.18. The molecule has 0 saturated carbocycles. The third kappa shape index (κ3) is 6.14. The van der Waals surface area contributed by atoms with Crippen molar-refractivity contribution in [2.24, 2.45) is 5.10 Å². The molecule has 0 unspecified atom stereocenters. The molecule has 2 amide bonds. The molecule has 152 valence electrons. The van der Waals surface area contributed by atoms with Crippen LogP contribution in [0.3, 0.4) is 0 Å². The zero-order valence-electron chi connectivity index (χ0n) is 17.0. The molecule has 0 aliphatic heterocycles. The van der Waals surface area contributed by atoms with E-state index in [2.05, 4.69) is 10.5 Å². The second-order valence-electron chi connectivity index (χ2n) is 6.94. The van der Waals surface area contributed by atoms with Gasteiger partial charge in [-0.3, -0.25) is 14.5 Å². The third-order valence-electron chi connectivity index (χ3n) is 4.52. The van der Waals surface area contributed by atoms with Gasteiger partial charge in [0, 0.05) is 36.3 Å². The van der Waals surface area contributed by atoms with Crippen LogP contribution >= 0.6 is 0 Å². The van der Waals surface area contributed by atoms with Crippen LogP contribution in [-0.2, 0) is 16.0 Å². The van der Waals surface area contributed by atoms with Crippen LogP contribution in [-0.4, -0.2) is 17.5 Å². The van der Waals surface area contributed by atoms with Gasteiger partial charge >= 0.3 is 0 Å². The van der Waals surface area contributed by atoms with Gasteiger partial charge < -0.3 is 0 Å². The zero-order chi connectivity index (χ0) is 21.2. The summed E-state index contributed by atoms with van der Waals surface area (Å²) in [5.41, 5.74) is 6.02. The van der Waals surface area contributed by atoms with Gasteiger partial charge in [-0.1, -0.05) is 66.7 Å². The largest absolute Gasteiger partial charge is 0.281 e. The first kappa shape index (κ1) is 21.0. The summed E-state index contributed by atoms with van der Waals surface area (Å²) in [6.45, 7) is 1.87. The molecular weight excluding hydrogens is 374 g/mol. The number of hydrogen-bond donors (Lipinski definition) is 1. The quantitative estimate of drug-likeness (QED) is 0.434. The van der Waals surface area contributed by atoms with Gasteiger partial charge in [0.05, 0.1) is 0 Å². The van der Waals surface area contributed by atoms with Crippen molar-refractivity contribution < 1.29 is 9.59 Å². The van der Waals surface area contributed by atoms with E-state index in [0.717, 1.165) is 22.6 Å². The number of carbonyl (C=O) groups is 2. The highest BCUT2D eigenvalue weighted by molar-refractivity contribution is 6.01. The van der Waals surface area contributed by atoms with Gasteiger partial charge in [-0.15, -0.1) is 0 Å². The van der Waals surface area contributed by atoms with E-state index in [9.17, 15) is 9.59 Å². The van der Waals surface area contributed by atoms with Crippen LogP contribution in [0.5, 0.6) is 0 Å². The van der Waals surface area contributed by atoms with Crippen LogP contribution < -0.4 is 10.3 Å². The molecule has 3 aromatic carbocycles. The summed E-state index contributed by atoms with van der Waals surface area (Å²) in [4.78, 5) is 26.8. The number of hydrazone groups is 1. The first-order chi connectivity index (χ1) is 14.6. The average molecular weight is 399 g/mol. The van der Waals surface area contributed by atoms with Crippen molar-refractivity contribution in [2.75, 3.05) is 4.90 Å². The average Bonchev–Trinajstić information content (AvgIpc) is 2.78. The highest BCUT2D eigenvalue weighted by atomic mass is 16.2. The first-order valence-corrected chi connectivity index (χ1v) is 9.92. The first-order valence-electron chi connectivity index (χ1n) is 9.92. The molecule has 30 heavy (non-hydrogen) atoms. The normalized spacial score (nSPS) is 11.0. The topological polar surface area (TPSA) is 61.8 Å². The van der Waals surface area contributed by atoms with Crippen LogP contribution in [0.2, 0.25) is 0 Å². The van der Waals surface area contributed by atoms with E-state index in [-0.39, 0.29) is 24.7 Å². The van der Waals surface area contributed by atoms with E-state index in [4.69, 9.17) is 0 Å². The molecule has 0 fully saturated rings. The van der Waals surface area contributed by atoms with E-state index < -0.39 is 0 Å². The standard InChI is InChI=1S/C25H25N3O2/c1-20(19-21-11-5-2-6-12-21)26-27-24(29)17-18-25(30)28(22-13-7-3-8-14-22)23-15-9-4-10-16-23/h2-16H,17-19H2,1H3,(H,27,29). The molecule has 3 rings (SSSR count). The van der Waals surface area contributed by atoms with E-state index in [1.807, 2.05) is 97.9 Å². The summed E-state index contributed by atoms with van der Waals surface area (Å²) >= 11 is 0. The van der Waals surface area contributed by atoms with Crippen LogP contribution in [0, 0.1) is 0 Å². The Morgan fingerprint density at radius 1 is 0.767 bits per heavy atom. The third-order valence-corrected chi connectivity index (χ3v) is 4.52. The summed E-state index contributed by atoms with van der Waals surface area (Å²) in [5.74, 6) is -0.427. The predicted molar refractivity (Wildman–Crippen MR) is 121 cm³/mol. The molecule has 0 aliphatic carbocycles. The molecular formula is C25H25N3O2. The van der Waals surface area contributed by atoms with Gasteiger partial charge in [-0.25, -0.2) is 5.43 Å². The number of hydrogen-bond acceptors (Lipinski definition) is 3. The number of carbonyl (C=O) groups excluding carboxylic acids is 2. The molecule has 0 bridgehead atoms. The summed E-state index contributed by atoms with van der Waals surface area (Å²) in [6, 6.07) is 28.8. The number of rotatable bonds is 8. The lowest BCUT2D eigenvalue weighted by Gasteiger charge is -2.23. The van der Waals surface area contributed by atoms with Crippen molar-refractivity contribution in [3.8, 4) is 0 Å². The number of nitrogens with one attached hydrogen (secondary N) is 1. The lowest BCUT2D eigenvalue weighted by atomic mass is 10.1.